The fourth-order valence-corrected chi connectivity index (χ4v) is 3.26. The molecule has 1 atom stereocenters. The summed E-state index contributed by atoms with van der Waals surface area (Å²) in [6, 6.07) is 10.4. The second-order valence-electron chi connectivity index (χ2n) is 4.51. The van der Waals surface area contributed by atoms with Crippen LogP contribution in [-0.4, -0.2) is 6.54 Å². The van der Waals surface area contributed by atoms with Crippen molar-refractivity contribution in [3.8, 4) is 0 Å². The van der Waals surface area contributed by atoms with Crippen molar-refractivity contribution >= 4 is 34.5 Å². The molecule has 0 fully saturated rings. The van der Waals surface area contributed by atoms with Gasteiger partial charge in [0, 0.05) is 9.75 Å². The zero-order valence-corrected chi connectivity index (χ0v) is 13.4. The zero-order valence-electron chi connectivity index (χ0n) is 11.0. The number of hydrogen-bond acceptors (Lipinski definition) is 2. The third-order valence-electron chi connectivity index (χ3n) is 2.92. The number of rotatable bonds is 5. The van der Waals surface area contributed by atoms with E-state index in [0.717, 1.165) is 18.5 Å². The number of thiophene rings is 1. The molecule has 1 aromatic heterocycles. The summed E-state index contributed by atoms with van der Waals surface area (Å²) in [6.45, 7) is 5.26. The molecule has 0 aliphatic carbocycles. The molecule has 0 aliphatic heterocycles. The smallest absolute Gasteiger partial charge is 0.0671 e. The lowest BCUT2D eigenvalue weighted by Crippen LogP contribution is -2.22. The van der Waals surface area contributed by atoms with Crippen molar-refractivity contribution in [3.05, 3.63) is 55.7 Å². The summed E-state index contributed by atoms with van der Waals surface area (Å²) in [4.78, 5) is 2.63. The standard InChI is InChI=1S/C15H17Cl2NS/c1-3-8-18-15(14-7-4-10(2)19-14)11-5-6-12(16)13(17)9-11/h4-7,9,15,18H,3,8H2,1-2H3. The van der Waals surface area contributed by atoms with Gasteiger partial charge in [-0.1, -0.05) is 36.2 Å². The van der Waals surface area contributed by atoms with E-state index < -0.39 is 0 Å². The van der Waals surface area contributed by atoms with Gasteiger partial charge in [-0.15, -0.1) is 11.3 Å². The van der Waals surface area contributed by atoms with Crippen LogP contribution in [-0.2, 0) is 0 Å². The van der Waals surface area contributed by atoms with Crippen LogP contribution in [0.5, 0.6) is 0 Å². The van der Waals surface area contributed by atoms with E-state index in [2.05, 4.69) is 31.3 Å². The second-order valence-corrected chi connectivity index (χ2v) is 6.64. The molecule has 2 rings (SSSR count). The van der Waals surface area contributed by atoms with Gasteiger partial charge < -0.3 is 5.32 Å². The molecule has 0 saturated carbocycles. The van der Waals surface area contributed by atoms with Crippen LogP contribution >= 0.6 is 34.5 Å². The second kappa shape index (κ2) is 6.76. The topological polar surface area (TPSA) is 12.0 Å². The van der Waals surface area contributed by atoms with Gasteiger partial charge in [0.15, 0.2) is 0 Å². The van der Waals surface area contributed by atoms with Gasteiger partial charge >= 0.3 is 0 Å². The van der Waals surface area contributed by atoms with Crippen LogP contribution in [0.2, 0.25) is 10.0 Å². The molecule has 1 N–H and O–H groups in total. The van der Waals surface area contributed by atoms with E-state index in [4.69, 9.17) is 23.2 Å². The van der Waals surface area contributed by atoms with Crippen LogP contribution in [0.1, 0.15) is 34.7 Å². The fourth-order valence-electron chi connectivity index (χ4n) is 1.97. The molecule has 1 nitrogen and oxygen atoms in total. The monoisotopic (exact) mass is 313 g/mol. The predicted molar refractivity (Wildman–Crippen MR) is 85.7 cm³/mol. The molecule has 0 bridgehead atoms. The van der Waals surface area contributed by atoms with E-state index in [-0.39, 0.29) is 6.04 Å². The summed E-state index contributed by atoms with van der Waals surface area (Å²) >= 11 is 13.9. The lowest BCUT2D eigenvalue weighted by Gasteiger charge is -2.18. The van der Waals surface area contributed by atoms with Crippen molar-refractivity contribution in [1.82, 2.24) is 5.32 Å². The molecule has 0 aliphatic rings. The first-order valence-corrected chi connectivity index (χ1v) is 7.93. The van der Waals surface area contributed by atoms with Crippen molar-refractivity contribution in [2.75, 3.05) is 6.54 Å². The minimum absolute atomic E-state index is 0.188. The summed E-state index contributed by atoms with van der Waals surface area (Å²) in [5.41, 5.74) is 1.16. The molecule has 0 saturated heterocycles. The van der Waals surface area contributed by atoms with Gasteiger partial charge in [-0.3, -0.25) is 0 Å². The van der Waals surface area contributed by atoms with Gasteiger partial charge in [0.25, 0.3) is 0 Å². The summed E-state index contributed by atoms with van der Waals surface area (Å²) in [5.74, 6) is 0. The Balaban J connectivity index is 2.33. The average Bonchev–Trinajstić information content (AvgIpc) is 2.80. The van der Waals surface area contributed by atoms with E-state index in [1.807, 2.05) is 29.5 Å². The Hall–Kier alpha value is -0.540. The third kappa shape index (κ3) is 3.73. The molecule has 1 unspecified atom stereocenters. The van der Waals surface area contributed by atoms with Crippen LogP contribution in [0.4, 0.5) is 0 Å². The van der Waals surface area contributed by atoms with Crippen LogP contribution < -0.4 is 5.32 Å². The normalized spacial score (nSPS) is 12.6. The highest BCUT2D eigenvalue weighted by Gasteiger charge is 2.16. The number of nitrogens with one attached hydrogen (secondary N) is 1. The molecule has 1 heterocycles. The summed E-state index contributed by atoms with van der Waals surface area (Å²) in [7, 11) is 0. The van der Waals surface area contributed by atoms with Gasteiger partial charge in [-0.2, -0.15) is 0 Å². The van der Waals surface area contributed by atoms with Gasteiger partial charge in [-0.25, -0.2) is 0 Å². The van der Waals surface area contributed by atoms with E-state index in [9.17, 15) is 0 Å². The molecule has 19 heavy (non-hydrogen) atoms. The SMILES string of the molecule is CCCNC(c1ccc(Cl)c(Cl)c1)c1ccc(C)s1. The van der Waals surface area contributed by atoms with Gasteiger partial charge in [0.2, 0.25) is 0 Å². The van der Waals surface area contributed by atoms with E-state index in [1.54, 1.807) is 0 Å². The van der Waals surface area contributed by atoms with Crippen LogP contribution in [0.3, 0.4) is 0 Å². The van der Waals surface area contributed by atoms with E-state index in [0.29, 0.717) is 10.0 Å². The number of halogens is 2. The van der Waals surface area contributed by atoms with Gasteiger partial charge in [-0.05, 0) is 49.7 Å². The van der Waals surface area contributed by atoms with Gasteiger partial charge in [0.1, 0.15) is 0 Å². The highest BCUT2D eigenvalue weighted by Crippen LogP contribution is 2.32. The van der Waals surface area contributed by atoms with E-state index >= 15 is 0 Å². The van der Waals surface area contributed by atoms with Crippen molar-refractivity contribution in [2.24, 2.45) is 0 Å². The first kappa shape index (κ1) is 14.9. The maximum absolute atomic E-state index is 6.13. The molecule has 2 aromatic rings. The first-order valence-electron chi connectivity index (χ1n) is 6.36. The highest BCUT2D eigenvalue weighted by atomic mass is 35.5. The number of benzene rings is 1. The molecular weight excluding hydrogens is 297 g/mol. The van der Waals surface area contributed by atoms with Crippen LogP contribution in [0.25, 0.3) is 0 Å². The summed E-state index contributed by atoms with van der Waals surface area (Å²) < 4.78 is 0. The third-order valence-corrected chi connectivity index (χ3v) is 4.73. The molecule has 0 radical (unpaired) electrons. The Kier molecular flexibility index (Phi) is 5.28. The number of hydrogen-bond donors (Lipinski definition) is 1. The van der Waals surface area contributed by atoms with Crippen LogP contribution in [0.15, 0.2) is 30.3 Å². The average molecular weight is 314 g/mol. The quantitative estimate of drug-likeness (QED) is 0.773. The predicted octanol–water partition coefficient (Wildman–Crippen LogP) is 5.45. The van der Waals surface area contributed by atoms with Crippen molar-refractivity contribution < 1.29 is 0 Å². The van der Waals surface area contributed by atoms with Gasteiger partial charge in [0.05, 0.1) is 16.1 Å². The van der Waals surface area contributed by atoms with E-state index in [1.165, 1.54) is 9.75 Å². The lowest BCUT2D eigenvalue weighted by atomic mass is 10.1. The lowest BCUT2D eigenvalue weighted by molar-refractivity contribution is 0.606. The molecule has 4 heteroatoms. The molecular formula is C15H17Cl2NS. The molecule has 0 spiro atoms. The summed E-state index contributed by atoms with van der Waals surface area (Å²) in [5, 5.41) is 4.78. The highest BCUT2D eigenvalue weighted by molar-refractivity contribution is 7.12. The maximum atomic E-state index is 6.13. The van der Waals surface area contributed by atoms with Crippen molar-refractivity contribution in [3.63, 3.8) is 0 Å². The Morgan fingerprint density at radius 1 is 1.16 bits per heavy atom. The maximum Gasteiger partial charge on any atom is 0.0671 e. The minimum Gasteiger partial charge on any atom is -0.306 e. The largest absolute Gasteiger partial charge is 0.306 e. The fraction of sp³-hybridized carbons (Fsp3) is 0.333. The number of aryl methyl sites for hydroxylation is 1. The van der Waals surface area contributed by atoms with Crippen LogP contribution in [0, 0.1) is 6.92 Å². The zero-order chi connectivity index (χ0) is 13.8. The molecule has 1 aromatic carbocycles. The van der Waals surface area contributed by atoms with Crippen molar-refractivity contribution in [2.45, 2.75) is 26.3 Å². The first-order chi connectivity index (χ1) is 9.11. The Bertz CT molecular complexity index is 551. The molecule has 102 valence electrons. The molecule has 0 amide bonds. The Morgan fingerprint density at radius 2 is 1.95 bits per heavy atom. The Morgan fingerprint density at radius 3 is 2.53 bits per heavy atom. The van der Waals surface area contributed by atoms with Crippen molar-refractivity contribution in [1.29, 1.82) is 0 Å². The summed E-state index contributed by atoms with van der Waals surface area (Å²) in [6.07, 6.45) is 1.10. The Labute approximate surface area is 128 Å². The minimum atomic E-state index is 0.188.